The first kappa shape index (κ1) is 12.0. The molecule has 96 valence electrons. The monoisotopic (exact) mass is 263 g/mol. The molecule has 0 amide bonds. The van der Waals surface area contributed by atoms with Gasteiger partial charge >= 0.3 is 0 Å². The van der Waals surface area contributed by atoms with Crippen LogP contribution in [0.15, 0.2) is 18.2 Å². The number of imidazole rings is 1. The van der Waals surface area contributed by atoms with Crippen LogP contribution in [0.25, 0.3) is 11.0 Å². The summed E-state index contributed by atoms with van der Waals surface area (Å²) in [6.07, 6.45) is 2.29. The number of rotatable bonds is 3. The number of hydrogen-bond donors (Lipinski definition) is 1. The van der Waals surface area contributed by atoms with Crippen molar-refractivity contribution in [3.8, 4) is 0 Å². The van der Waals surface area contributed by atoms with Gasteiger partial charge in [0.1, 0.15) is 5.82 Å². The first-order valence-corrected chi connectivity index (χ1v) is 6.83. The highest BCUT2D eigenvalue weighted by atomic mass is 35.5. The standard InChI is InChI=1S/C14H18ClN3/c1-9(2)18-12-7-10(15)3-4-11(12)17-13(18)14(8-16)5-6-14/h3-4,7,9H,5-6,8,16H2,1-2H3. The van der Waals surface area contributed by atoms with Crippen molar-refractivity contribution in [2.24, 2.45) is 5.73 Å². The number of nitrogens with zero attached hydrogens (tertiary/aromatic N) is 2. The van der Waals surface area contributed by atoms with E-state index in [1.165, 1.54) is 0 Å². The topological polar surface area (TPSA) is 43.8 Å². The van der Waals surface area contributed by atoms with Gasteiger partial charge in [0.05, 0.1) is 11.0 Å². The maximum absolute atomic E-state index is 6.10. The molecule has 0 unspecified atom stereocenters. The molecule has 0 bridgehead atoms. The van der Waals surface area contributed by atoms with E-state index in [0.717, 1.165) is 34.7 Å². The highest BCUT2D eigenvalue weighted by Gasteiger charge is 2.47. The summed E-state index contributed by atoms with van der Waals surface area (Å²) in [5, 5.41) is 0.758. The van der Waals surface area contributed by atoms with Gasteiger partial charge in [-0.2, -0.15) is 0 Å². The molecule has 1 saturated carbocycles. The molecule has 1 heterocycles. The van der Waals surface area contributed by atoms with E-state index < -0.39 is 0 Å². The van der Waals surface area contributed by atoms with Gasteiger partial charge < -0.3 is 10.3 Å². The van der Waals surface area contributed by atoms with Crippen molar-refractivity contribution < 1.29 is 0 Å². The number of benzene rings is 1. The van der Waals surface area contributed by atoms with Gasteiger partial charge in [-0.05, 0) is 44.9 Å². The quantitative estimate of drug-likeness (QED) is 0.924. The summed E-state index contributed by atoms with van der Waals surface area (Å²) in [4.78, 5) is 4.80. The van der Waals surface area contributed by atoms with Gasteiger partial charge in [0, 0.05) is 23.0 Å². The van der Waals surface area contributed by atoms with Crippen LogP contribution in [-0.4, -0.2) is 16.1 Å². The molecule has 4 heteroatoms. The number of fused-ring (bicyclic) bond motifs is 1. The average Bonchev–Trinajstić information content (AvgIpc) is 3.04. The summed E-state index contributed by atoms with van der Waals surface area (Å²) in [6, 6.07) is 6.26. The van der Waals surface area contributed by atoms with Gasteiger partial charge in [-0.1, -0.05) is 11.6 Å². The first-order valence-electron chi connectivity index (χ1n) is 6.45. The maximum Gasteiger partial charge on any atom is 0.117 e. The molecule has 2 N–H and O–H groups in total. The van der Waals surface area contributed by atoms with Gasteiger partial charge in [0.25, 0.3) is 0 Å². The Morgan fingerprint density at radius 3 is 2.72 bits per heavy atom. The van der Waals surface area contributed by atoms with Crippen LogP contribution in [0.2, 0.25) is 5.02 Å². The zero-order valence-corrected chi connectivity index (χ0v) is 11.5. The van der Waals surface area contributed by atoms with Crippen LogP contribution < -0.4 is 5.73 Å². The molecule has 1 aromatic carbocycles. The van der Waals surface area contributed by atoms with Gasteiger partial charge in [0.15, 0.2) is 0 Å². The van der Waals surface area contributed by atoms with Crippen LogP contribution in [0.3, 0.4) is 0 Å². The van der Waals surface area contributed by atoms with E-state index in [9.17, 15) is 0 Å². The lowest BCUT2D eigenvalue weighted by Gasteiger charge is -2.18. The molecule has 0 spiro atoms. The van der Waals surface area contributed by atoms with Gasteiger partial charge in [-0.15, -0.1) is 0 Å². The van der Waals surface area contributed by atoms with Crippen molar-refractivity contribution in [1.82, 2.24) is 9.55 Å². The zero-order chi connectivity index (χ0) is 12.9. The van der Waals surface area contributed by atoms with Crippen molar-refractivity contribution in [1.29, 1.82) is 0 Å². The lowest BCUT2D eigenvalue weighted by Crippen LogP contribution is -2.25. The Hall–Kier alpha value is -1.06. The molecular formula is C14H18ClN3. The number of aromatic nitrogens is 2. The molecule has 18 heavy (non-hydrogen) atoms. The van der Waals surface area contributed by atoms with E-state index in [4.69, 9.17) is 22.3 Å². The summed E-state index contributed by atoms with van der Waals surface area (Å²) in [6.45, 7) is 5.03. The summed E-state index contributed by atoms with van der Waals surface area (Å²) in [5.41, 5.74) is 8.18. The molecule has 0 aliphatic heterocycles. The van der Waals surface area contributed by atoms with Gasteiger partial charge in [0.2, 0.25) is 0 Å². The average molecular weight is 264 g/mol. The largest absolute Gasteiger partial charge is 0.329 e. The molecule has 0 atom stereocenters. The zero-order valence-electron chi connectivity index (χ0n) is 10.8. The highest BCUT2D eigenvalue weighted by molar-refractivity contribution is 6.31. The predicted octanol–water partition coefficient (Wildman–Crippen LogP) is 3.26. The minimum atomic E-state index is 0.107. The molecule has 1 aliphatic rings. The molecule has 0 radical (unpaired) electrons. The van der Waals surface area contributed by atoms with E-state index in [1.54, 1.807) is 0 Å². The van der Waals surface area contributed by atoms with Crippen LogP contribution in [0.4, 0.5) is 0 Å². The van der Waals surface area contributed by atoms with Crippen LogP contribution in [-0.2, 0) is 5.41 Å². The fourth-order valence-corrected chi connectivity index (χ4v) is 2.80. The van der Waals surface area contributed by atoms with E-state index in [1.807, 2.05) is 18.2 Å². The minimum absolute atomic E-state index is 0.107. The first-order chi connectivity index (χ1) is 8.57. The predicted molar refractivity (Wildman–Crippen MR) is 75.1 cm³/mol. The Kier molecular flexibility index (Phi) is 2.65. The van der Waals surface area contributed by atoms with E-state index in [0.29, 0.717) is 12.6 Å². The molecule has 3 rings (SSSR count). The Balaban J connectivity index is 2.28. The molecular weight excluding hydrogens is 246 g/mol. The summed E-state index contributed by atoms with van der Waals surface area (Å²) in [5.74, 6) is 1.14. The second kappa shape index (κ2) is 3.97. The smallest absolute Gasteiger partial charge is 0.117 e. The van der Waals surface area contributed by atoms with Crippen molar-refractivity contribution >= 4 is 22.6 Å². The third kappa shape index (κ3) is 1.65. The van der Waals surface area contributed by atoms with Crippen LogP contribution in [0, 0.1) is 0 Å². The van der Waals surface area contributed by atoms with Gasteiger partial charge in [-0.3, -0.25) is 0 Å². The van der Waals surface area contributed by atoms with E-state index in [-0.39, 0.29) is 5.41 Å². The Morgan fingerprint density at radius 2 is 2.17 bits per heavy atom. The molecule has 3 nitrogen and oxygen atoms in total. The summed E-state index contributed by atoms with van der Waals surface area (Å²) < 4.78 is 2.29. The Morgan fingerprint density at radius 1 is 1.44 bits per heavy atom. The van der Waals surface area contributed by atoms with Gasteiger partial charge in [-0.25, -0.2) is 4.98 Å². The third-order valence-electron chi connectivity index (χ3n) is 3.89. The third-order valence-corrected chi connectivity index (χ3v) is 4.12. The second-order valence-electron chi connectivity index (χ2n) is 5.52. The molecule has 0 saturated heterocycles. The molecule has 2 aromatic rings. The normalized spacial score (nSPS) is 17.6. The van der Waals surface area contributed by atoms with Crippen molar-refractivity contribution in [2.45, 2.75) is 38.1 Å². The van der Waals surface area contributed by atoms with Crippen LogP contribution in [0.5, 0.6) is 0 Å². The van der Waals surface area contributed by atoms with Crippen LogP contribution >= 0.6 is 11.6 Å². The van der Waals surface area contributed by atoms with Crippen molar-refractivity contribution in [3.05, 3.63) is 29.0 Å². The van der Waals surface area contributed by atoms with Crippen LogP contribution in [0.1, 0.15) is 38.6 Å². The minimum Gasteiger partial charge on any atom is -0.329 e. The molecule has 1 aromatic heterocycles. The summed E-state index contributed by atoms with van der Waals surface area (Å²) in [7, 11) is 0. The molecule has 1 aliphatic carbocycles. The lowest BCUT2D eigenvalue weighted by molar-refractivity contribution is 0.530. The number of hydrogen-bond acceptors (Lipinski definition) is 2. The highest BCUT2D eigenvalue weighted by Crippen LogP contribution is 2.48. The fraction of sp³-hybridized carbons (Fsp3) is 0.500. The second-order valence-corrected chi connectivity index (χ2v) is 5.95. The lowest BCUT2D eigenvalue weighted by atomic mass is 10.1. The van der Waals surface area contributed by atoms with E-state index in [2.05, 4.69) is 18.4 Å². The summed E-state index contributed by atoms with van der Waals surface area (Å²) >= 11 is 6.10. The number of halogens is 1. The Labute approximate surface area is 112 Å². The van der Waals surface area contributed by atoms with Crippen molar-refractivity contribution in [2.75, 3.05) is 6.54 Å². The number of nitrogens with two attached hydrogens (primary N) is 1. The SMILES string of the molecule is CC(C)n1c(C2(CN)CC2)nc2ccc(Cl)cc21. The van der Waals surface area contributed by atoms with E-state index >= 15 is 0 Å². The maximum atomic E-state index is 6.10. The molecule has 1 fully saturated rings. The van der Waals surface area contributed by atoms with Crippen molar-refractivity contribution in [3.63, 3.8) is 0 Å². The Bertz CT molecular complexity index is 596. The fourth-order valence-electron chi connectivity index (χ4n) is 2.63.